The number of hydrogen-bond donors (Lipinski definition) is 1. The van der Waals surface area contributed by atoms with Crippen LogP contribution in [0, 0.1) is 12.8 Å². The average molecular weight is 371 g/mol. The van der Waals surface area contributed by atoms with Gasteiger partial charge in [0.25, 0.3) is 5.91 Å². The van der Waals surface area contributed by atoms with Crippen LogP contribution in [0.5, 0.6) is 0 Å². The molecule has 1 aromatic carbocycles. The summed E-state index contributed by atoms with van der Waals surface area (Å²) in [4.78, 5) is 28.1. The molecule has 0 spiro atoms. The summed E-state index contributed by atoms with van der Waals surface area (Å²) in [6.45, 7) is 5.93. The molecule has 0 aliphatic carbocycles. The summed E-state index contributed by atoms with van der Waals surface area (Å²) in [6.07, 6.45) is 2.03. The molecule has 26 heavy (non-hydrogen) atoms. The Bertz CT molecular complexity index is 740. The maximum Gasteiger partial charge on any atom is 0.263 e. The van der Waals surface area contributed by atoms with Crippen molar-refractivity contribution in [3.05, 3.63) is 57.8 Å². The Balaban J connectivity index is 1.79. The van der Waals surface area contributed by atoms with Crippen molar-refractivity contribution in [2.24, 2.45) is 5.92 Å². The van der Waals surface area contributed by atoms with Crippen LogP contribution in [0.25, 0.3) is 0 Å². The number of nitrogens with zero attached hydrogens (tertiary/aromatic N) is 1. The van der Waals surface area contributed by atoms with Crippen molar-refractivity contribution >= 4 is 23.2 Å². The number of likely N-dealkylation sites (tertiary alicyclic amines) is 1. The molecule has 4 nitrogen and oxygen atoms in total. The van der Waals surface area contributed by atoms with Gasteiger partial charge < -0.3 is 10.2 Å². The number of carbonyl (C=O) groups is 2. The fourth-order valence-electron chi connectivity index (χ4n) is 3.46. The van der Waals surface area contributed by atoms with Gasteiger partial charge in [-0.3, -0.25) is 9.59 Å². The Labute approximate surface area is 159 Å². The summed E-state index contributed by atoms with van der Waals surface area (Å²) < 4.78 is 0. The van der Waals surface area contributed by atoms with Crippen LogP contribution < -0.4 is 5.32 Å². The fraction of sp³-hybridized carbons (Fsp3) is 0.429. The number of rotatable bonds is 6. The minimum absolute atomic E-state index is 0.0287. The Hall–Kier alpha value is -2.14. The van der Waals surface area contributed by atoms with Gasteiger partial charge in [-0.2, -0.15) is 0 Å². The van der Waals surface area contributed by atoms with Crippen molar-refractivity contribution in [1.82, 2.24) is 10.2 Å². The van der Waals surface area contributed by atoms with Crippen LogP contribution in [-0.4, -0.2) is 36.3 Å². The van der Waals surface area contributed by atoms with E-state index in [0.717, 1.165) is 23.3 Å². The van der Waals surface area contributed by atoms with Crippen molar-refractivity contribution < 1.29 is 9.59 Å². The number of aryl methyl sites for hydroxylation is 1. The minimum atomic E-state index is -0.196. The van der Waals surface area contributed by atoms with Crippen LogP contribution in [0.1, 0.15) is 46.5 Å². The van der Waals surface area contributed by atoms with E-state index in [1.54, 1.807) is 0 Å². The summed E-state index contributed by atoms with van der Waals surface area (Å²) in [5.74, 6) is -0.0638. The highest BCUT2D eigenvalue weighted by atomic mass is 32.1. The van der Waals surface area contributed by atoms with Crippen LogP contribution >= 0.6 is 11.3 Å². The zero-order valence-corrected chi connectivity index (χ0v) is 16.2. The van der Waals surface area contributed by atoms with E-state index in [2.05, 4.69) is 43.4 Å². The third kappa shape index (κ3) is 4.15. The molecular weight excluding hydrogens is 344 g/mol. The van der Waals surface area contributed by atoms with Gasteiger partial charge in [0.1, 0.15) is 0 Å². The molecule has 2 atom stereocenters. The maximum atomic E-state index is 12.8. The van der Waals surface area contributed by atoms with Crippen molar-refractivity contribution in [3.8, 4) is 0 Å². The minimum Gasteiger partial charge on any atom is -0.356 e. The second-order valence-electron chi connectivity index (χ2n) is 6.96. The molecular formula is C21H26N2O2S. The predicted octanol–water partition coefficient (Wildman–Crippen LogP) is 3.83. The second-order valence-corrected chi connectivity index (χ2v) is 7.90. The first-order valence-corrected chi connectivity index (χ1v) is 10.1. The van der Waals surface area contributed by atoms with E-state index < -0.39 is 0 Å². The molecule has 1 aliphatic rings. The van der Waals surface area contributed by atoms with Gasteiger partial charge in [-0.25, -0.2) is 0 Å². The molecule has 3 rings (SSSR count). The molecule has 2 amide bonds. The quantitative estimate of drug-likeness (QED) is 0.786. The number of thiophene rings is 1. The third-order valence-electron chi connectivity index (χ3n) is 5.01. The highest BCUT2D eigenvalue weighted by molar-refractivity contribution is 7.12. The topological polar surface area (TPSA) is 49.4 Å². The van der Waals surface area contributed by atoms with Crippen LogP contribution in [0.4, 0.5) is 0 Å². The highest BCUT2D eigenvalue weighted by Crippen LogP contribution is 2.34. The Morgan fingerprint density at radius 1 is 1.19 bits per heavy atom. The number of carbonyl (C=O) groups excluding carboxylic acids is 2. The summed E-state index contributed by atoms with van der Waals surface area (Å²) in [5.41, 5.74) is 2.33. The summed E-state index contributed by atoms with van der Waals surface area (Å²) in [6, 6.07) is 12.1. The zero-order chi connectivity index (χ0) is 18.5. The molecule has 1 saturated heterocycles. The fourth-order valence-corrected chi connectivity index (χ4v) is 4.15. The van der Waals surface area contributed by atoms with E-state index in [-0.39, 0.29) is 23.7 Å². The zero-order valence-electron chi connectivity index (χ0n) is 15.4. The molecule has 138 valence electrons. The van der Waals surface area contributed by atoms with Crippen molar-refractivity contribution in [2.75, 3.05) is 19.6 Å². The van der Waals surface area contributed by atoms with Gasteiger partial charge in [0.15, 0.2) is 0 Å². The molecule has 0 radical (unpaired) electrons. The van der Waals surface area contributed by atoms with Crippen molar-refractivity contribution in [3.63, 3.8) is 0 Å². The van der Waals surface area contributed by atoms with E-state index >= 15 is 0 Å². The van der Waals surface area contributed by atoms with Gasteiger partial charge in [0.05, 0.1) is 10.8 Å². The molecule has 1 aliphatic heterocycles. The lowest BCUT2D eigenvalue weighted by Crippen LogP contribution is -2.36. The first kappa shape index (κ1) is 18.6. The maximum absolute atomic E-state index is 12.8. The molecule has 2 unspecified atom stereocenters. The first-order chi connectivity index (χ1) is 12.6. The smallest absolute Gasteiger partial charge is 0.263 e. The summed E-state index contributed by atoms with van der Waals surface area (Å²) in [5, 5.41) is 4.97. The lowest BCUT2D eigenvalue weighted by Gasteiger charge is -2.18. The highest BCUT2D eigenvalue weighted by Gasteiger charge is 2.40. The molecule has 1 N–H and O–H groups in total. The first-order valence-electron chi connectivity index (χ1n) is 9.27. The number of benzene rings is 1. The van der Waals surface area contributed by atoms with Crippen molar-refractivity contribution in [2.45, 2.75) is 32.6 Å². The van der Waals surface area contributed by atoms with E-state index in [4.69, 9.17) is 0 Å². The van der Waals surface area contributed by atoms with Gasteiger partial charge in [0, 0.05) is 25.6 Å². The van der Waals surface area contributed by atoms with E-state index in [1.165, 1.54) is 16.9 Å². The van der Waals surface area contributed by atoms with Gasteiger partial charge in [-0.15, -0.1) is 11.3 Å². The van der Waals surface area contributed by atoms with E-state index in [1.807, 2.05) is 22.4 Å². The number of nitrogens with one attached hydrogen (secondary N) is 1. The van der Waals surface area contributed by atoms with Crippen LogP contribution in [-0.2, 0) is 4.79 Å². The SMILES string of the molecule is CCCCNC(=O)C1CN(C(=O)c2cccs2)CC1c1ccc(C)cc1. The summed E-state index contributed by atoms with van der Waals surface area (Å²) >= 11 is 1.45. The second kappa shape index (κ2) is 8.49. The third-order valence-corrected chi connectivity index (χ3v) is 5.87. The predicted molar refractivity (Wildman–Crippen MR) is 106 cm³/mol. The number of hydrogen-bond acceptors (Lipinski definition) is 3. The van der Waals surface area contributed by atoms with Crippen LogP contribution in [0.15, 0.2) is 41.8 Å². The van der Waals surface area contributed by atoms with Crippen molar-refractivity contribution in [1.29, 1.82) is 0 Å². The lowest BCUT2D eigenvalue weighted by atomic mass is 9.88. The van der Waals surface area contributed by atoms with E-state index in [0.29, 0.717) is 19.6 Å². The molecule has 2 heterocycles. The summed E-state index contributed by atoms with van der Waals surface area (Å²) in [7, 11) is 0. The standard InChI is InChI=1S/C21H26N2O2S/c1-3-4-11-22-20(24)18-14-23(21(25)19-6-5-12-26-19)13-17(18)16-9-7-15(2)8-10-16/h5-10,12,17-18H,3-4,11,13-14H2,1-2H3,(H,22,24). The van der Waals surface area contributed by atoms with Crippen LogP contribution in [0.2, 0.25) is 0 Å². The lowest BCUT2D eigenvalue weighted by molar-refractivity contribution is -0.124. The molecule has 0 bridgehead atoms. The average Bonchev–Trinajstić information content (AvgIpc) is 3.32. The Morgan fingerprint density at radius 3 is 2.62 bits per heavy atom. The molecule has 0 saturated carbocycles. The molecule has 1 fully saturated rings. The van der Waals surface area contributed by atoms with Gasteiger partial charge in [-0.05, 0) is 30.4 Å². The Morgan fingerprint density at radius 2 is 1.96 bits per heavy atom. The van der Waals surface area contributed by atoms with Gasteiger partial charge in [-0.1, -0.05) is 49.2 Å². The monoisotopic (exact) mass is 370 g/mol. The van der Waals surface area contributed by atoms with E-state index in [9.17, 15) is 9.59 Å². The normalized spacial score (nSPS) is 19.5. The number of amides is 2. The number of unbranched alkanes of at least 4 members (excludes halogenated alkanes) is 1. The molecule has 1 aromatic heterocycles. The van der Waals surface area contributed by atoms with Crippen LogP contribution in [0.3, 0.4) is 0 Å². The van der Waals surface area contributed by atoms with Gasteiger partial charge in [0.2, 0.25) is 5.91 Å². The Kier molecular flexibility index (Phi) is 6.09. The largest absolute Gasteiger partial charge is 0.356 e. The molecule has 2 aromatic rings. The molecule has 5 heteroatoms. The van der Waals surface area contributed by atoms with Gasteiger partial charge >= 0.3 is 0 Å².